The zero-order valence-electron chi connectivity index (χ0n) is 4.82. The van der Waals surface area contributed by atoms with E-state index in [4.69, 9.17) is 20.1 Å². The van der Waals surface area contributed by atoms with E-state index in [-0.39, 0.29) is 19.3 Å². The minimum Gasteiger partial charge on any atom is -0.394 e. The van der Waals surface area contributed by atoms with Crippen molar-refractivity contribution in [1.82, 2.24) is 0 Å². The molecule has 0 amide bonds. The van der Waals surface area contributed by atoms with Gasteiger partial charge in [-0.3, -0.25) is 0 Å². The molecule has 4 nitrogen and oxygen atoms in total. The Morgan fingerprint density at radius 3 is 2.56 bits per heavy atom. The van der Waals surface area contributed by atoms with Gasteiger partial charge in [-0.15, -0.1) is 0 Å². The molecule has 1 aliphatic rings. The van der Waals surface area contributed by atoms with Crippen LogP contribution in [0.3, 0.4) is 0 Å². The summed E-state index contributed by atoms with van der Waals surface area (Å²) < 4.78 is 4.74. The van der Waals surface area contributed by atoms with Gasteiger partial charge in [-0.25, -0.2) is 0 Å². The lowest BCUT2D eigenvalue weighted by molar-refractivity contribution is 0.0399. The Labute approximate surface area is 52.7 Å². The summed E-state index contributed by atoms with van der Waals surface area (Å²) in [5, 5.41) is 26.1. The van der Waals surface area contributed by atoms with Gasteiger partial charge in [0.2, 0.25) is 0 Å². The number of hydrogen-bond donors (Lipinski definition) is 3. The highest BCUT2D eigenvalue weighted by atomic mass is 16.5. The molecule has 1 fully saturated rings. The SMILES string of the molecule is OC[C@H]1OC[C@H](O)[C]1O. The van der Waals surface area contributed by atoms with Gasteiger partial charge in [-0.1, -0.05) is 0 Å². The number of hydrogen-bond acceptors (Lipinski definition) is 4. The van der Waals surface area contributed by atoms with E-state index < -0.39 is 12.2 Å². The molecule has 0 aromatic heterocycles. The normalized spacial score (nSPS) is 37.7. The van der Waals surface area contributed by atoms with Crippen molar-refractivity contribution >= 4 is 0 Å². The van der Waals surface area contributed by atoms with Crippen molar-refractivity contribution in [2.75, 3.05) is 13.2 Å². The van der Waals surface area contributed by atoms with Crippen LogP contribution >= 0.6 is 0 Å². The van der Waals surface area contributed by atoms with Crippen LogP contribution in [0.5, 0.6) is 0 Å². The van der Waals surface area contributed by atoms with Crippen LogP contribution in [0.15, 0.2) is 0 Å². The smallest absolute Gasteiger partial charge is 0.155 e. The van der Waals surface area contributed by atoms with Gasteiger partial charge < -0.3 is 20.1 Å². The summed E-state index contributed by atoms with van der Waals surface area (Å²) in [6.07, 6.45) is -1.76. The fraction of sp³-hybridized carbons (Fsp3) is 0.800. The molecular formula is C5H9O4. The third-order valence-electron chi connectivity index (χ3n) is 1.29. The van der Waals surface area contributed by atoms with E-state index in [0.29, 0.717) is 0 Å². The molecule has 0 bridgehead atoms. The van der Waals surface area contributed by atoms with Crippen molar-refractivity contribution in [2.24, 2.45) is 0 Å². The molecule has 3 N–H and O–H groups in total. The molecule has 0 saturated carbocycles. The van der Waals surface area contributed by atoms with E-state index in [9.17, 15) is 0 Å². The van der Waals surface area contributed by atoms with Crippen molar-refractivity contribution in [2.45, 2.75) is 12.2 Å². The Hall–Kier alpha value is -0.160. The second-order valence-electron chi connectivity index (χ2n) is 1.95. The Morgan fingerprint density at radius 1 is 1.67 bits per heavy atom. The average molecular weight is 133 g/mol. The quantitative estimate of drug-likeness (QED) is 0.413. The summed E-state index contributed by atoms with van der Waals surface area (Å²) in [6.45, 7) is -0.194. The number of ether oxygens (including phenoxy) is 1. The average Bonchev–Trinajstić information content (AvgIpc) is 2.15. The van der Waals surface area contributed by atoms with Gasteiger partial charge in [-0.2, -0.15) is 0 Å². The minimum atomic E-state index is -0.915. The van der Waals surface area contributed by atoms with Crippen LogP contribution in [-0.2, 0) is 4.74 Å². The van der Waals surface area contributed by atoms with Gasteiger partial charge >= 0.3 is 0 Å². The van der Waals surface area contributed by atoms with Gasteiger partial charge in [0.05, 0.1) is 13.2 Å². The zero-order chi connectivity index (χ0) is 6.85. The molecule has 4 heteroatoms. The molecule has 0 spiro atoms. The van der Waals surface area contributed by atoms with E-state index in [2.05, 4.69) is 0 Å². The van der Waals surface area contributed by atoms with Crippen LogP contribution in [-0.4, -0.2) is 40.7 Å². The van der Waals surface area contributed by atoms with Crippen LogP contribution in [0.4, 0.5) is 0 Å². The Balaban J connectivity index is 2.41. The third kappa shape index (κ3) is 1.21. The fourth-order valence-electron chi connectivity index (χ4n) is 0.739. The maximum Gasteiger partial charge on any atom is 0.155 e. The van der Waals surface area contributed by atoms with E-state index >= 15 is 0 Å². The van der Waals surface area contributed by atoms with Gasteiger partial charge in [0.1, 0.15) is 12.2 Å². The number of aliphatic hydroxyl groups excluding tert-OH is 3. The number of rotatable bonds is 1. The molecule has 1 saturated heterocycles. The third-order valence-corrected chi connectivity index (χ3v) is 1.29. The molecule has 9 heavy (non-hydrogen) atoms. The summed E-state index contributed by atoms with van der Waals surface area (Å²) in [5.74, 6) is 0. The molecule has 0 unspecified atom stereocenters. The molecule has 1 rings (SSSR count). The van der Waals surface area contributed by atoms with E-state index in [1.807, 2.05) is 0 Å². The lowest BCUT2D eigenvalue weighted by Crippen LogP contribution is -2.23. The highest BCUT2D eigenvalue weighted by molar-refractivity contribution is 4.98. The fourth-order valence-corrected chi connectivity index (χ4v) is 0.739. The first-order valence-corrected chi connectivity index (χ1v) is 2.72. The van der Waals surface area contributed by atoms with Gasteiger partial charge in [0.25, 0.3) is 0 Å². The monoisotopic (exact) mass is 133 g/mol. The van der Waals surface area contributed by atoms with E-state index in [1.165, 1.54) is 0 Å². The highest BCUT2D eigenvalue weighted by Gasteiger charge is 2.34. The first-order chi connectivity index (χ1) is 4.25. The van der Waals surface area contributed by atoms with Crippen molar-refractivity contribution in [1.29, 1.82) is 0 Å². The summed E-state index contributed by atoms with van der Waals surface area (Å²) in [6, 6.07) is 0. The lowest BCUT2D eigenvalue weighted by atomic mass is 10.2. The topological polar surface area (TPSA) is 69.9 Å². The highest BCUT2D eigenvalue weighted by Crippen LogP contribution is 2.19. The van der Waals surface area contributed by atoms with Crippen molar-refractivity contribution in [3.05, 3.63) is 6.10 Å². The van der Waals surface area contributed by atoms with Gasteiger partial charge in [0, 0.05) is 0 Å². The van der Waals surface area contributed by atoms with E-state index in [0.717, 1.165) is 0 Å². The number of aliphatic hydroxyl groups is 3. The maximum absolute atomic E-state index is 8.84. The molecule has 1 radical (unpaired) electrons. The first-order valence-electron chi connectivity index (χ1n) is 2.72. The molecule has 0 aromatic carbocycles. The largest absolute Gasteiger partial charge is 0.394 e. The standard InChI is InChI=1S/C5H9O4/c6-1-4-5(8)3(7)2-9-4/h3-4,6-8H,1-2H2/t3-,4+/m0/s1. The minimum absolute atomic E-state index is 0.0804. The molecule has 1 aliphatic heterocycles. The van der Waals surface area contributed by atoms with Gasteiger partial charge in [-0.05, 0) is 0 Å². The summed E-state index contributed by atoms with van der Waals surface area (Å²) in [4.78, 5) is 0. The molecule has 1 heterocycles. The van der Waals surface area contributed by atoms with Crippen molar-refractivity contribution < 1.29 is 20.1 Å². The second kappa shape index (κ2) is 2.62. The van der Waals surface area contributed by atoms with Crippen LogP contribution < -0.4 is 0 Å². The molecule has 53 valence electrons. The van der Waals surface area contributed by atoms with Crippen LogP contribution in [0.25, 0.3) is 0 Å². The second-order valence-corrected chi connectivity index (χ2v) is 1.95. The van der Waals surface area contributed by atoms with Crippen LogP contribution in [0.1, 0.15) is 0 Å². The van der Waals surface area contributed by atoms with Crippen molar-refractivity contribution in [3.63, 3.8) is 0 Å². The van der Waals surface area contributed by atoms with Crippen LogP contribution in [0, 0.1) is 6.10 Å². The molecular weight excluding hydrogens is 124 g/mol. The lowest BCUT2D eigenvalue weighted by Gasteiger charge is -2.08. The van der Waals surface area contributed by atoms with Gasteiger partial charge in [0.15, 0.2) is 6.10 Å². The zero-order valence-corrected chi connectivity index (χ0v) is 4.82. The Bertz CT molecular complexity index is 95.0. The van der Waals surface area contributed by atoms with E-state index in [1.54, 1.807) is 0 Å². The van der Waals surface area contributed by atoms with Crippen molar-refractivity contribution in [3.8, 4) is 0 Å². The predicted molar refractivity (Wildman–Crippen MR) is 28.0 cm³/mol. The molecule has 2 atom stereocenters. The molecule has 0 aromatic rings. The molecule has 0 aliphatic carbocycles. The predicted octanol–water partition coefficient (Wildman–Crippen LogP) is -1.36. The van der Waals surface area contributed by atoms with Crippen LogP contribution in [0.2, 0.25) is 0 Å². The maximum atomic E-state index is 8.84. The summed E-state index contributed by atoms with van der Waals surface area (Å²) in [7, 11) is 0. The Morgan fingerprint density at radius 2 is 2.33 bits per heavy atom. The Kier molecular flexibility index (Phi) is 2.02. The summed E-state index contributed by atoms with van der Waals surface area (Å²) >= 11 is 0. The first kappa shape index (κ1) is 6.95. The summed E-state index contributed by atoms with van der Waals surface area (Å²) in [5.41, 5.74) is 0.